The first-order valence-corrected chi connectivity index (χ1v) is 16.4. The highest BCUT2D eigenvalue weighted by Gasteiger charge is 2.21. The van der Waals surface area contributed by atoms with Crippen LogP contribution in [0, 0.1) is 0 Å². The van der Waals surface area contributed by atoms with Gasteiger partial charge >= 0.3 is 0 Å². The lowest BCUT2D eigenvalue weighted by molar-refractivity contribution is 0.954. The zero-order valence-electron chi connectivity index (χ0n) is 31.6. The predicted octanol–water partition coefficient (Wildman–Crippen LogP) is 11.1. The molecule has 50 heavy (non-hydrogen) atoms. The van der Waals surface area contributed by atoms with Crippen molar-refractivity contribution in [1.82, 2.24) is 24.1 Å². The van der Waals surface area contributed by atoms with Crippen LogP contribution in [0.25, 0.3) is 89.2 Å². The SMILES string of the molecule is [2H]c1c([2H])c([2H])c(-n2c3ccccc3c3cc4c(cc32)c2ccccc2n4-c2nc(-c3ccccc3)nc(-c3ccc(-c4ccccc4)cc3)n2)c([2H])c1[2H]. The molecule has 5 heteroatoms. The molecule has 0 fully saturated rings. The first-order chi connectivity index (χ1) is 26.9. The quantitative estimate of drug-likeness (QED) is 0.187. The molecule has 0 amide bonds. The van der Waals surface area contributed by atoms with Crippen molar-refractivity contribution >= 4 is 43.6 Å². The Bertz CT molecular complexity index is 3110. The maximum atomic E-state index is 8.89. The summed E-state index contributed by atoms with van der Waals surface area (Å²) >= 11 is 0. The van der Waals surface area contributed by atoms with Crippen LogP contribution in [0.4, 0.5) is 0 Å². The first-order valence-electron chi connectivity index (χ1n) is 18.9. The van der Waals surface area contributed by atoms with Gasteiger partial charge < -0.3 is 4.57 Å². The number of benzene rings is 7. The fourth-order valence-corrected chi connectivity index (χ4v) is 6.99. The minimum atomic E-state index is -0.427. The lowest BCUT2D eigenvalue weighted by atomic mass is 10.0. The summed E-state index contributed by atoms with van der Waals surface area (Å²) in [5.74, 6) is 1.53. The molecule has 0 radical (unpaired) electrons. The fourth-order valence-electron chi connectivity index (χ4n) is 6.99. The van der Waals surface area contributed by atoms with Crippen LogP contribution >= 0.6 is 0 Å². The summed E-state index contributed by atoms with van der Waals surface area (Å²) < 4.78 is 46.8. The second kappa shape index (κ2) is 11.4. The van der Waals surface area contributed by atoms with E-state index in [1.165, 1.54) is 0 Å². The molecule has 0 aliphatic rings. The third-order valence-electron chi connectivity index (χ3n) is 9.28. The van der Waals surface area contributed by atoms with E-state index >= 15 is 0 Å². The Labute approximate surface area is 295 Å². The highest BCUT2D eigenvalue weighted by Crippen LogP contribution is 2.39. The van der Waals surface area contributed by atoms with Crippen molar-refractivity contribution in [3.63, 3.8) is 0 Å². The maximum absolute atomic E-state index is 8.89. The van der Waals surface area contributed by atoms with Crippen molar-refractivity contribution in [3.05, 3.63) is 176 Å². The Kier molecular flexibility index (Phi) is 5.35. The molecule has 0 saturated carbocycles. The van der Waals surface area contributed by atoms with E-state index in [0.717, 1.165) is 65.9 Å². The van der Waals surface area contributed by atoms with E-state index in [-0.39, 0.29) is 29.9 Å². The van der Waals surface area contributed by atoms with Crippen molar-refractivity contribution in [2.75, 3.05) is 0 Å². The molecule has 0 N–H and O–H groups in total. The van der Waals surface area contributed by atoms with Crippen LogP contribution in [-0.4, -0.2) is 24.1 Å². The number of hydrogen-bond donors (Lipinski definition) is 0. The zero-order chi connectivity index (χ0) is 37.4. The Morgan fingerprint density at radius 1 is 0.380 bits per heavy atom. The number of hydrogen-bond acceptors (Lipinski definition) is 3. The van der Waals surface area contributed by atoms with Gasteiger partial charge in [0.15, 0.2) is 11.6 Å². The topological polar surface area (TPSA) is 48.5 Å². The van der Waals surface area contributed by atoms with E-state index in [2.05, 4.69) is 41.0 Å². The Balaban J connectivity index is 1.26. The average molecular weight is 645 g/mol. The molecule has 0 atom stereocenters. The van der Waals surface area contributed by atoms with Gasteiger partial charge in [0.2, 0.25) is 5.95 Å². The van der Waals surface area contributed by atoms with Crippen LogP contribution < -0.4 is 0 Å². The van der Waals surface area contributed by atoms with E-state index in [1.54, 1.807) is 4.57 Å². The Morgan fingerprint density at radius 3 is 1.46 bits per heavy atom. The maximum Gasteiger partial charge on any atom is 0.238 e. The molecular weight excluding hydrogens is 611 g/mol. The number of fused-ring (bicyclic) bond motifs is 6. The summed E-state index contributed by atoms with van der Waals surface area (Å²) in [5, 5.41) is 3.58. The molecule has 0 bridgehead atoms. The highest BCUT2D eigenvalue weighted by atomic mass is 15.2. The summed E-state index contributed by atoms with van der Waals surface area (Å²) in [6.07, 6.45) is 0. The zero-order valence-corrected chi connectivity index (χ0v) is 26.6. The Morgan fingerprint density at radius 2 is 0.840 bits per heavy atom. The van der Waals surface area contributed by atoms with Gasteiger partial charge in [-0.3, -0.25) is 4.57 Å². The fraction of sp³-hybridized carbons (Fsp3) is 0. The normalized spacial score (nSPS) is 13.0. The van der Waals surface area contributed by atoms with Crippen LogP contribution in [0.5, 0.6) is 0 Å². The largest absolute Gasteiger partial charge is 0.309 e. The second-order valence-corrected chi connectivity index (χ2v) is 12.2. The third-order valence-corrected chi connectivity index (χ3v) is 9.28. The van der Waals surface area contributed by atoms with Gasteiger partial charge in [0.25, 0.3) is 0 Å². The number of aromatic nitrogens is 5. The molecule has 3 heterocycles. The van der Waals surface area contributed by atoms with E-state index in [9.17, 15) is 0 Å². The summed E-state index contributed by atoms with van der Waals surface area (Å²) in [6, 6.07) is 46.6. The molecule has 0 unspecified atom stereocenters. The van der Waals surface area contributed by atoms with Gasteiger partial charge in [-0.25, -0.2) is 4.98 Å². The molecule has 3 aromatic heterocycles. The lowest BCUT2D eigenvalue weighted by Gasteiger charge is -2.11. The monoisotopic (exact) mass is 644 g/mol. The van der Waals surface area contributed by atoms with Crippen LogP contribution in [0.1, 0.15) is 6.85 Å². The molecule has 0 spiro atoms. The minimum Gasteiger partial charge on any atom is -0.309 e. The van der Waals surface area contributed by atoms with Gasteiger partial charge in [-0.05, 0) is 47.5 Å². The van der Waals surface area contributed by atoms with E-state index in [0.29, 0.717) is 17.6 Å². The summed E-state index contributed by atoms with van der Waals surface area (Å²) in [6.45, 7) is 0. The minimum absolute atomic E-state index is 0.105. The molecule has 0 aliphatic heterocycles. The van der Waals surface area contributed by atoms with E-state index in [1.807, 2.05) is 109 Å². The average Bonchev–Trinajstić information content (AvgIpc) is 3.74. The van der Waals surface area contributed by atoms with Crippen LogP contribution in [-0.2, 0) is 0 Å². The van der Waals surface area contributed by atoms with Crippen LogP contribution in [0.3, 0.4) is 0 Å². The molecule has 0 saturated heterocycles. The second-order valence-electron chi connectivity index (χ2n) is 12.2. The Hall–Kier alpha value is -6.85. The summed E-state index contributed by atoms with van der Waals surface area (Å²) in [5.41, 5.74) is 7.22. The van der Waals surface area contributed by atoms with Crippen molar-refractivity contribution in [2.45, 2.75) is 0 Å². The van der Waals surface area contributed by atoms with Gasteiger partial charge in [-0.2, -0.15) is 9.97 Å². The van der Waals surface area contributed by atoms with Gasteiger partial charge in [0.05, 0.1) is 28.9 Å². The van der Waals surface area contributed by atoms with Crippen molar-refractivity contribution in [2.24, 2.45) is 0 Å². The third kappa shape index (κ3) is 4.52. The highest BCUT2D eigenvalue weighted by molar-refractivity contribution is 6.18. The van der Waals surface area contributed by atoms with Crippen molar-refractivity contribution < 1.29 is 6.85 Å². The van der Waals surface area contributed by atoms with Gasteiger partial charge in [0, 0.05) is 38.4 Å². The molecule has 7 aromatic carbocycles. The van der Waals surface area contributed by atoms with Gasteiger partial charge in [-0.1, -0.05) is 139 Å². The smallest absolute Gasteiger partial charge is 0.238 e. The molecule has 10 rings (SSSR count). The van der Waals surface area contributed by atoms with Gasteiger partial charge in [0.1, 0.15) is 0 Å². The molecular formula is C45H29N5. The number of rotatable bonds is 5. The summed E-state index contributed by atoms with van der Waals surface area (Å²) in [7, 11) is 0. The number of para-hydroxylation sites is 3. The number of nitrogens with zero attached hydrogens (tertiary/aromatic N) is 5. The van der Waals surface area contributed by atoms with Crippen molar-refractivity contribution in [3.8, 4) is 45.5 Å². The van der Waals surface area contributed by atoms with Crippen molar-refractivity contribution in [1.29, 1.82) is 0 Å². The predicted molar refractivity (Wildman–Crippen MR) is 205 cm³/mol. The standard InChI is InChI=1S/C45H29N5/c1-4-14-30(15-5-1)31-24-26-33(27-25-31)44-46-43(32-16-6-2-7-17-32)47-45(48-44)50-40-23-13-11-21-36(40)38-28-41-37(29-42(38)50)35-20-10-12-22-39(35)49(41)34-18-8-3-9-19-34/h1-29H/i3D,8D,9D,18D,19D. The van der Waals surface area contributed by atoms with Gasteiger partial charge in [-0.15, -0.1) is 0 Å². The molecule has 234 valence electrons. The molecule has 10 aromatic rings. The first kappa shape index (κ1) is 23.5. The van der Waals surface area contributed by atoms with Crippen LogP contribution in [0.2, 0.25) is 0 Å². The molecule has 0 aliphatic carbocycles. The lowest BCUT2D eigenvalue weighted by Crippen LogP contribution is -2.06. The van der Waals surface area contributed by atoms with E-state index < -0.39 is 6.04 Å². The summed E-state index contributed by atoms with van der Waals surface area (Å²) in [4.78, 5) is 15.2. The van der Waals surface area contributed by atoms with E-state index in [4.69, 9.17) is 21.8 Å². The molecule has 5 nitrogen and oxygen atoms in total. The van der Waals surface area contributed by atoms with Crippen LogP contribution in [0.15, 0.2) is 176 Å².